The summed E-state index contributed by atoms with van der Waals surface area (Å²) >= 11 is 13.7. The lowest BCUT2D eigenvalue weighted by Gasteiger charge is -2.07. The summed E-state index contributed by atoms with van der Waals surface area (Å²) in [5, 5.41) is 5.52. The zero-order valence-electron chi connectivity index (χ0n) is 15.1. The molecule has 0 bridgehead atoms. The minimum Gasteiger partial charge on any atom is -0.324 e. The Kier molecular flexibility index (Phi) is 5.40. The van der Waals surface area contributed by atoms with Crippen LogP contribution in [0.2, 0.25) is 10.0 Å². The lowest BCUT2D eigenvalue weighted by atomic mass is 10.1. The van der Waals surface area contributed by atoms with Gasteiger partial charge in [0.25, 0.3) is 0 Å². The molecular weight excluding hydrogens is 413 g/mol. The molecule has 7 heteroatoms. The van der Waals surface area contributed by atoms with Gasteiger partial charge in [-0.3, -0.25) is 9.20 Å². The molecule has 0 atom stereocenters. The highest BCUT2D eigenvalue weighted by molar-refractivity contribution is 7.15. The van der Waals surface area contributed by atoms with Crippen LogP contribution >= 0.6 is 34.5 Å². The van der Waals surface area contributed by atoms with E-state index >= 15 is 0 Å². The SMILES string of the molecule is CCc1ccc(-c2cn3c(CC(=O)Nc4cccc(Cl)c4Cl)csc3n2)cc1. The fraction of sp³-hybridized carbons (Fsp3) is 0.143. The summed E-state index contributed by atoms with van der Waals surface area (Å²) in [6.07, 6.45) is 3.20. The normalized spacial score (nSPS) is 11.1. The third kappa shape index (κ3) is 3.78. The molecule has 0 spiro atoms. The van der Waals surface area contributed by atoms with Gasteiger partial charge in [0.15, 0.2) is 4.96 Å². The predicted octanol–water partition coefficient (Wildman–Crippen LogP) is 6.11. The van der Waals surface area contributed by atoms with Crippen LogP contribution in [0.15, 0.2) is 54.0 Å². The highest BCUT2D eigenvalue weighted by atomic mass is 35.5. The number of thiazole rings is 1. The van der Waals surface area contributed by atoms with E-state index < -0.39 is 0 Å². The van der Waals surface area contributed by atoms with E-state index in [1.54, 1.807) is 18.2 Å². The summed E-state index contributed by atoms with van der Waals surface area (Å²) in [5.74, 6) is -0.161. The molecule has 0 aliphatic heterocycles. The van der Waals surface area contributed by atoms with Crippen molar-refractivity contribution in [2.75, 3.05) is 5.32 Å². The van der Waals surface area contributed by atoms with Crippen molar-refractivity contribution in [3.05, 3.63) is 75.3 Å². The summed E-state index contributed by atoms with van der Waals surface area (Å²) in [4.78, 5) is 18.0. The molecule has 142 valence electrons. The van der Waals surface area contributed by atoms with Gasteiger partial charge in [-0.15, -0.1) is 11.3 Å². The first-order chi connectivity index (χ1) is 13.5. The molecule has 2 heterocycles. The summed E-state index contributed by atoms with van der Waals surface area (Å²) in [6.45, 7) is 2.13. The molecule has 0 aliphatic rings. The number of nitrogens with one attached hydrogen (secondary N) is 1. The second-order valence-corrected chi connectivity index (χ2v) is 8.00. The third-order valence-electron chi connectivity index (χ3n) is 4.51. The number of hydrogen-bond acceptors (Lipinski definition) is 3. The Morgan fingerprint density at radius 2 is 1.96 bits per heavy atom. The quantitative estimate of drug-likeness (QED) is 0.415. The van der Waals surface area contributed by atoms with Gasteiger partial charge in [-0.25, -0.2) is 4.98 Å². The second kappa shape index (κ2) is 7.95. The minimum atomic E-state index is -0.161. The number of carbonyl (C=O) groups is 1. The summed E-state index contributed by atoms with van der Waals surface area (Å²) in [7, 11) is 0. The zero-order chi connectivity index (χ0) is 19.7. The Hall–Kier alpha value is -2.34. The van der Waals surface area contributed by atoms with Crippen LogP contribution in [0.1, 0.15) is 18.2 Å². The van der Waals surface area contributed by atoms with Crippen LogP contribution in [-0.4, -0.2) is 15.3 Å². The third-order valence-corrected chi connectivity index (χ3v) is 6.22. The van der Waals surface area contributed by atoms with Gasteiger partial charge in [0.1, 0.15) is 0 Å². The monoisotopic (exact) mass is 429 g/mol. The summed E-state index contributed by atoms with van der Waals surface area (Å²) in [5.41, 5.74) is 4.64. The number of aryl methyl sites for hydroxylation is 1. The van der Waals surface area contributed by atoms with Gasteiger partial charge in [0.05, 0.1) is 27.8 Å². The van der Waals surface area contributed by atoms with E-state index in [4.69, 9.17) is 23.2 Å². The number of amides is 1. The van der Waals surface area contributed by atoms with Crippen LogP contribution in [0, 0.1) is 0 Å². The van der Waals surface area contributed by atoms with Crippen molar-refractivity contribution in [1.29, 1.82) is 0 Å². The van der Waals surface area contributed by atoms with Crippen molar-refractivity contribution >= 4 is 51.1 Å². The predicted molar refractivity (Wildman–Crippen MR) is 117 cm³/mol. The van der Waals surface area contributed by atoms with Gasteiger partial charge in [-0.05, 0) is 24.1 Å². The lowest BCUT2D eigenvalue weighted by Crippen LogP contribution is -2.15. The Morgan fingerprint density at radius 3 is 2.71 bits per heavy atom. The fourth-order valence-electron chi connectivity index (χ4n) is 2.97. The summed E-state index contributed by atoms with van der Waals surface area (Å²) in [6, 6.07) is 13.6. The number of rotatable bonds is 5. The van der Waals surface area contributed by atoms with Gasteiger partial charge < -0.3 is 5.32 Å². The number of fused-ring (bicyclic) bond motifs is 1. The van der Waals surface area contributed by atoms with E-state index in [0.29, 0.717) is 15.7 Å². The van der Waals surface area contributed by atoms with Crippen molar-refractivity contribution in [3.8, 4) is 11.3 Å². The maximum absolute atomic E-state index is 12.5. The fourth-order valence-corrected chi connectivity index (χ4v) is 4.19. The molecule has 0 saturated carbocycles. The molecule has 4 nitrogen and oxygen atoms in total. The molecule has 1 N–H and O–H groups in total. The molecular formula is C21H17Cl2N3OS. The Labute approximate surface area is 176 Å². The van der Waals surface area contributed by atoms with Gasteiger partial charge in [-0.1, -0.05) is 60.5 Å². The van der Waals surface area contributed by atoms with Crippen molar-refractivity contribution in [3.63, 3.8) is 0 Å². The van der Waals surface area contributed by atoms with Crippen LogP contribution in [0.25, 0.3) is 16.2 Å². The van der Waals surface area contributed by atoms with Crippen molar-refractivity contribution in [2.24, 2.45) is 0 Å². The zero-order valence-corrected chi connectivity index (χ0v) is 17.4. The molecule has 0 aliphatic carbocycles. The number of nitrogens with zero attached hydrogens (tertiary/aromatic N) is 2. The Bertz CT molecular complexity index is 1150. The molecule has 0 unspecified atom stereocenters. The number of halogens is 2. The highest BCUT2D eigenvalue weighted by Crippen LogP contribution is 2.30. The largest absolute Gasteiger partial charge is 0.324 e. The van der Waals surface area contributed by atoms with E-state index in [-0.39, 0.29) is 12.3 Å². The molecule has 1 amide bonds. The van der Waals surface area contributed by atoms with Crippen LogP contribution in [0.4, 0.5) is 5.69 Å². The number of benzene rings is 2. The standard InChI is InChI=1S/C21H17Cl2N3OS/c1-2-13-6-8-14(9-7-13)18-11-26-15(12-28-21(26)25-18)10-19(27)24-17-5-3-4-16(22)20(17)23/h3-9,11-12H,2,10H2,1H3,(H,24,27). The van der Waals surface area contributed by atoms with Crippen LogP contribution in [0.3, 0.4) is 0 Å². The number of aromatic nitrogens is 2. The van der Waals surface area contributed by atoms with Crippen molar-refractivity contribution < 1.29 is 4.79 Å². The molecule has 4 rings (SSSR count). The molecule has 2 aromatic carbocycles. The second-order valence-electron chi connectivity index (χ2n) is 6.38. The van der Waals surface area contributed by atoms with E-state index in [0.717, 1.165) is 28.3 Å². The van der Waals surface area contributed by atoms with Crippen molar-refractivity contribution in [1.82, 2.24) is 9.38 Å². The van der Waals surface area contributed by atoms with Crippen LogP contribution in [-0.2, 0) is 17.6 Å². The average molecular weight is 430 g/mol. The molecule has 2 aromatic heterocycles. The number of hydrogen-bond donors (Lipinski definition) is 1. The number of carbonyl (C=O) groups excluding carboxylic acids is 1. The van der Waals surface area contributed by atoms with Crippen LogP contribution in [0.5, 0.6) is 0 Å². The Balaban J connectivity index is 1.55. The van der Waals surface area contributed by atoms with Gasteiger partial charge in [0.2, 0.25) is 5.91 Å². The van der Waals surface area contributed by atoms with E-state index in [9.17, 15) is 4.79 Å². The topological polar surface area (TPSA) is 46.4 Å². The molecule has 0 radical (unpaired) electrons. The molecule has 0 saturated heterocycles. The first kappa shape index (κ1) is 19.0. The van der Waals surface area contributed by atoms with Gasteiger partial charge >= 0.3 is 0 Å². The number of anilines is 1. The maximum Gasteiger partial charge on any atom is 0.230 e. The first-order valence-electron chi connectivity index (χ1n) is 8.84. The minimum absolute atomic E-state index is 0.161. The molecule has 0 fully saturated rings. The highest BCUT2D eigenvalue weighted by Gasteiger charge is 2.14. The van der Waals surface area contributed by atoms with Crippen molar-refractivity contribution in [2.45, 2.75) is 19.8 Å². The van der Waals surface area contributed by atoms with E-state index in [2.05, 4.69) is 41.5 Å². The van der Waals surface area contributed by atoms with E-state index in [1.807, 2.05) is 16.0 Å². The lowest BCUT2D eigenvalue weighted by molar-refractivity contribution is -0.115. The van der Waals surface area contributed by atoms with Crippen LogP contribution < -0.4 is 5.32 Å². The molecule has 28 heavy (non-hydrogen) atoms. The van der Waals surface area contributed by atoms with Gasteiger partial charge in [-0.2, -0.15) is 0 Å². The molecule has 4 aromatic rings. The summed E-state index contributed by atoms with van der Waals surface area (Å²) < 4.78 is 1.97. The maximum atomic E-state index is 12.5. The first-order valence-corrected chi connectivity index (χ1v) is 10.5. The Morgan fingerprint density at radius 1 is 1.18 bits per heavy atom. The van der Waals surface area contributed by atoms with Gasteiger partial charge in [0, 0.05) is 22.8 Å². The van der Waals surface area contributed by atoms with E-state index in [1.165, 1.54) is 16.9 Å². The smallest absolute Gasteiger partial charge is 0.230 e. The average Bonchev–Trinajstić information content (AvgIpc) is 3.27. The number of imidazole rings is 1.